The van der Waals surface area contributed by atoms with E-state index in [-0.39, 0.29) is 0 Å². The van der Waals surface area contributed by atoms with E-state index < -0.39 is 0 Å². The molecule has 0 aliphatic carbocycles. The van der Waals surface area contributed by atoms with Crippen LogP contribution in [-0.2, 0) is 4.74 Å². The maximum atomic E-state index is 5.43. The Kier molecular flexibility index (Phi) is 21.6. The average Bonchev–Trinajstić information content (AvgIpc) is 2.54. The molecule has 0 unspecified atom stereocenters. The van der Waals surface area contributed by atoms with Gasteiger partial charge < -0.3 is 4.74 Å². The molecule has 0 aliphatic heterocycles. The highest BCUT2D eigenvalue weighted by atomic mass is 32.1. The molecular weight excluding hydrogens is 288 g/mol. The number of thiol groups is 1. The van der Waals surface area contributed by atoms with E-state index in [1.54, 1.807) is 0 Å². The number of unbranched alkanes of at least 4 members (excludes halogenated alkanes) is 15. The lowest BCUT2D eigenvalue weighted by atomic mass is 10.0. The molecule has 0 saturated heterocycles. The Morgan fingerprint density at radius 2 is 0.864 bits per heavy atom. The van der Waals surface area contributed by atoms with Gasteiger partial charge in [0, 0.05) is 12.4 Å². The first-order chi connectivity index (χ1) is 10.9. The van der Waals surface area contributed by atoms with Crippen molar-refractivity contribution >= 4 is 12.6 Å². The van der Waals surface area contributed by atoms with E-state index in [4.69, 9.17) is 4.74 Å². The Balaban J connectivity index is 2.91. The van der Waals surface area contributed by atoms with Gasteiger partial charge in [0.2, 0.25) is 0 Å². The van der Waals surface area contributed by atoms with Crippen molar-refractivity contribution in [3.8, 4) is 0 Å². The van der Waals surface area contributed by atoms with Gasteiger partial charge in [-0.2, -0.15) is 12.6 Å². The molecular formula is C20H42OS. The third kappa shape index (κ3) is 20.3. The monoisotopic (exact) mass is 330 g/mol. The zero-order valence-electron chi connectivity index (χ0n) is 15.3. The number of ether oxygens (including phenoxy) is 1. The molecule has 0 amide bonds. The van der Waals surface area contributed by atoms with Crippen LogP contribution in [0.1, 0.15) is 110 Å². The summed E-state index contributed by atoms with van der Waals surface area (Å²) in [5.74, 6) is 0.846. The standard InChI is InChI=1S/C20H42OS/c1-2-3-4-5-6-7-8-9-10-11-12-13-14-15-16-17-18-21-19-20-22/h22H,2-20H2,1H3. The second-order valence-corrected chi connectivity index (χ2v) is 7.09. The van der Waals surface area contributed by atoms with Gasteiger partial charge in [0.15, 0.2) is 0 Å². The Bertz CT molecular complexity index is 165. The van der Waals surface area contributed by atoms with Crippen LogP contribution in [0.25, 0.3) is 0 Å². The zero-order valence-corrected chi connectivity index (χ0v) is 16.2. The minimum Gasteiger partial charge on any atom is -0.381 e. The molecule has 0 rings (SSSR count). The summed E-state index contributed by atoms with van der Waals surface area (Å²) in [6.45, 7) is 4.03. The van der Waals surface area contributed by atoms with Crippen LogP contribution in [-0.4, -0.2) is 19.0 Å². The van der Waals surface area contributed by atoms with Crippen LogP contribution in [0.4, 0.5) is 0 Å². The van der Waals surface area contributed by atoms with Crippen molar-refractivity contribution in [2.45, 2.75) is 110 Å². The maximum absolute atomic E-state index is 5.43. The Morgan fingerprint density at radius 3 is 1.23 bits per heavy atom. The quantitative estimate of drug-likeness (QED) is 0.195. The topological polar surface area (TPSA) is 9.23 Å². The van der Waals surface area contributed by atoms with Gasteiger partial charge in [-0.1, -0.05) is 103 Å². The first-order valence-electron chi connectivity index (χ1n) is 10.1. The second kappa shape index (κ2) is 21.3. The molecule has 134 valence electrons. The number of rotatable bonds is 19. The van der Waals surface area contributed by atoms with Gasteiger partial charge in [0.1, 0.15) is 0 Å². The second-order valence-electron chi connectivity index (χ2n) is 6.64. The van der Waals surface area contributed by atoms with Crippen molar-refractivity contribution < 1.29 is 4.74 Å². The SMILES string of the molecule is CCCCCCCCCCCCCCCCCCOCCS. The minimum atomic E-state index is 0.807. The molecule has 0 heterocycles. The minimum absolute atomic E-state index is 0.807. The van der Waals surface area contributed by atoms with Crippen LogP contribution in [0.3, 0.4) is 0 Å². The largest absolute Gasteiger partial charge is 0.381 e. The molecule has 1 nitrogen and oxygen atoms in total. The van der Waals surface area contributed by atoms with E-state index >= 15 is 0 Å². The molecule has 0 radical (unpaired) electrons. The molecule has 0 N–H and O–H groups in total. The van der Waals surface area contributed by atoms with Crippen LogP contribution >= 0.6 is 12.6 Å². The highest BCUT2D eigenvalue weighted by Crippen LogP contribution is 2.13. The van der Waals surface area contributed by atoms with E-state index in [1.165, 1.54) is 103 Å². The van der Waals surface area contributed by atoms with E-state index in [0.717, 1.165) is 19.0 Å². The average molecular weight is 331 g/mol. The Hall–Kier alpha value is 0.310. The smallest absolute Gasteiger partial charge is 0.0554 e. The number of hydrogen-bond donors (Lipinski definition) is 1. The Labute approximate surface area is 146 Å². The fraction of sp³-hybridized carbons (Fsp3) is 1.00. The summed E-state index contributed by atoms with van der Waals surface area (Å²) < 4.78 is 5.43. The molecule has 0 aromatic carbocycles. The van der Waals surface area contributed by atoms with E-state index in [9.17, 15) is 0 Å². The van der Waals surface area contributed by atoms with Crippen LogP contribution in [0, 0.1) is 0 Å². The molecule has 0 fully saturated rings. The van der Waals surface area contributed by atoms with Gasteiger partial charge in [-0.15, -0.1) is 0 Å². The number of hydrogen-bond acceptors (Lipinski definition) is 2. The first kappa shape index (κ1) is 22.3. The first-order valence-corrected chi connectivity index (χ1v) is 10.7. The van der Waals surface area contributed by atoms with Crippen LogP contribution in [0.5, 0.6) is 0 Å². The van der Waals surface area contributed by atoms with Crippen LogP contribution < -0.4 is 0 Å². The van der Waals surface area contributed by atoms with E-state index in [1.807, 2.05) is 0 Å². The van der Waals surface area contributed by atoms with Crippen LogP contribution in [0.2, 0.25) is 0 Å². The van der Waals surface area contributed by atoms with Crippen LogP contribution in [0.15, 0.2) is 0 Å². The summed E-state index contributed by atoms with van der Waals surface area (Å²) in [6, 6.07) is 0. The molecule has 2 heteroatoms. The summed E-state index contributed by atoms with van der Waals surface area (Å²) >= 11 is 4.13. The molecule has 22 heavy (non-hydrogen) atoms. The van der Waals surface area contributed by atoms with Crippen molar-refractivity contribution in [1.29, 1.82) is 0 Å². The Morgan fingerprint density at radius 1 is 0.500 bits per heavy atom. The molecule has 0 atom stereocenters. The third-order valence-corrected chi connectivity index (χ3v) is 4.56. The zero-order chi connectivity index (χ0) is 16.1. The molecule has 0 aromatic heterocycles. The summed E-state index contributed by atoms with van der Waals surface area (Å²) in [7, 11) is 0. The van der Waals surface area contributed by atoms with Gasteiger partial charge in [0.05, 0.1) is 6.61 Å². The van der Waals surface area contributed by atoms with Crippen molar-refractivity contribution in [3.05, 3.63) is 0 Å². The van der Waals surface area contributed by atoms with Gasteiger partial charge in [-0.3, -0.25) is 0 Å². The van der Waals surface area contributed by atoms with Crippen molar-refractivity contribution in [2.75, 3.05) is 19.0 Å². The third-order valence-electron chi connectivity index (χ3n) is 4.38. The predicted molar refractivity (Wildman–Crippen MR) is 104 cm³/mol. The molecule has 0 saturated carbocycles. The van der Waals surface area contributed by atoms with Gasteiger partial charge in [-0.25, -0.2) is 0 Å². The molecule has 0 aromatic rings. The summed E-state index contributed by atoms with van der Waals surface area (Å²) in [6.07, 6.45) is 22.8. The lowest BCUT2D eigenvalue weighted by Gasteiger charge is -2.04. The van der Waals surface area contributed by atoms with Crippen molar-refractivity contribution in [1.82, 2.24) is 0 Å². The van der Waals surface area contributed by atoms with Gasteiger partial charge in [-0.05, 0) is 6.42 Å². The summed E-state index contributed by atoms with van der Waals surface area (Å²) in [5, 5.41) is 0. The van der Waals surface area contributed by atoms with E-state index in [0.29, 0.717) is 0 Å². The molecule has 0 spiro atoms. The van der Waals surface area contributed by atoms with Gasteiger partial charge in [0.25, 0.3) is 0 Å². The normalized spacial score (nSPS) is 11.2. The van der Waals surface area contributed by atoms with Crippen molar-refractivity contribution in [3.63, 3.8) is 0 Å². The fourth-order valence-electron chi connectivity index (χ4n) is 2.92. The molecule has 0 bridgehead atoms. The van der Waals surface area contributed by atoms with Crippen molar-refractivity contribution in [2.24, 2.45) is 0 Å². The van der Waals surface area contributed by atoms with Gasteiger partial charge >= 0.3 is 0 Å². The molecule has 0 aliphatic rings. The summed E-state index contributed by atoms with van der Waals surface area (Å²) in [4.78, 5) is 0. The summed E-state index contributed by atoms with van der Waals surface area (Å²) in [5.41, 5.74) is 0. The highest BCUT2D eigenvalue weighted by molar-refractivity contribution is 7.80. The maximum Gasteiger partial charge on any atom is 0.0554 e. The highest BCUT2D eigenvalue weighted by Gasteiger charge is 1.94. The predicted octanol–water partition coefficient (Wildman–Crippen LogP) is 7.19. The lowest BCUT2D eigenvalue weighted by Crippen LogP contribution is -1.97. The van der Waals surface area contributed by atoms with E-state index in [2.05, 4.69) is 19.6 Å². The lowest BCUT2D eigenvalue weighted by molar-refractivity contribution is 0.145. The fourth-order valence-corrected chi connectivity index (χ4v) is 3.05.